The predicted octanol–water partition coefficient (Wildman–Crippen LogP) is 2.73. The summed E-state index contributed by atoms with van der Waals surface area (Å²) in [5.41, 5.74) is 1.36. The van der Waals surface area contributed by atoms with Crippen LogP contribution in [0, 0.1) is 5.92 Å². The van der Waals surface area contributed by atoms with E-state index in [-0.39, 0.29) is 18.2 Å². The molecule has 1 heterocycles. The highest BCUT2D eigenvalue weighted by atomic mass is 35.5. The quantitative estimate of drug-likeness (QED) is 0.923. The lowest BCUT2D eigenvalue weighted by molar-refractivity contribution is -0.140. The minimum Gasteiger partial charge on any atom is -0.480 e. The number of fused-ring (bicyclic) bond motifs is 1. The number of amides is 1. The van der Waals surface area contributed by atoms with Crippen LogP contribution in [0.3, 0.4) is 0 Å². The van der Waals surface area contributed by atoms with Gasteiger partial charge in [-0.15, -0.1) is 0 Å². The van der Waals surface area contributed by atoms with Crippen LogP contribution >= 0.6 is 11.6 Å². The predicted molar refractivity (Wildman–Crippen MR) is 73.5 cm³/mol. The first-order chi connectivity index (χ1) is 8.91. The van der Waals surface area contributed by atoms with E-state index in [0.717, 1.165) is 5.56 Å². The topological polar surface area (TPSA) is 57.6 Å². The molecule has 1 N–H and O–H groups in total. The van der Waals surface area contributed by atoms with E-state index in [1.54, 1.807) is 18.2 Å². The average molecular weight is 282 g/mol. The van der Waals surface area contributed by atoms with E-state index < -0.39 is 12.0 Å². The number of carboxylic acids is 1. The molecule has 0 aliphatic carbocycles. The zero-order valence-corrected chi connectivity index (χ0v) is 11.6. The van der Waals surface area contributed by atoms with Crippen LogP contribution in [0.5, 0.6) is 0 Å². The summed E-state index contributed by atoms with van der Waals surface area (Å²) in [5, 5.41) is 9.88. The molecule has 1 aliphatic rings. The van der Waals surface area contributed by atoms with Crippen molar-refractivity contribution in [1.82, 2.24) is 0 Å². The van der Waals surface area contributed by atoms with Crippen LogP contribution in [0.15, 0.2) is 18.2 Å². The minimum absolute atomic E-state index is 0.177. The molecule has 5 heteroatoms. The Morgan fingerprint density at radius 3 is 2.74 bits per heavy atom. The van der Waals surface area contributed by atoms with Crippen LogP contribution in [0.25, 0.3) is 0 Å². The maximum absolute atomic E-state index is 12.1. The monoisotopic (exact) mass is 281 g/mol. The Labute approximate surface area is 117 Å². The molecule has 102 valence electrons. The first kappa shape index (κ1) is 13.9. The fourth-order valence-electron chi connectivity index (χ4n) is 2.42. The minimum atomic E-state index is -0.977. The summed E-state index contributed by atoms with van der Waals surface area (Å²) in [5.74, 6) is -0.983. The van der Waals surface area contributed by atoms with Crippen LogP contribution in [0.1, 0.15) is 25.8 Å². The average Bonchev–Trinajstić information content (AvgIpc) is 2.64. The maximum atomic E-state index is 12.1. The highest BCUT2D eigenvalue weighted by Crippen LogP contribution is 2.36. The Morgan fingerprint density at radius 2 is 2.16 bits per heavy atom. The van der Waals surface area contributed by atoms with Gasteiger partial charge < -0.3 is 5.11 Å². The molecule has 1 aliphatic heterocycles. The van der Waals surface area contributed by atoms with Gasteiger partial charge in [0, 0.05) is 16.3 Å². The Balaban J connectivity index is 2.42. The lowest BCUT2D eigenvalue weighted by atomic mass is 10.0. The molecule has 4 nitrogen and oxygen atoms in total. The number of aliphatic carboxylic acids is 1. The normalized spacial score (nSPS) is 15.8. The Bertz CT molecular complexity index is 527. The molecule has 0 spiro atoms. The number of carboxylic acid groups (broad SMARTS) is 1. The molecular formula is C14H16ClNO3. The molecule has 1 atom stereocenters. The molecule has 0 aromatic heterocycles. The second-order valence-electron chi connectivity index (χ2n) is 5.16. The summed E-state index contributed by atoms with van der Waals surface area (Å²) in [7, 11) is 0. The van der Waals surface area contributed by atoms with Crippen molar-refractivity contribution in [2.45, 2.75) is 32.7 Å². The van der Waals surface area contributed by atoms with Gasteiger partial charge in [0.25, 0.3) is 0 Å². The molecule has 0 saturated carbocycles. The number of benzene rings is 1. The number of hydrogen-bond donors (Lipinski definition) is 1. The SMILES string of the molecule is CC(C)CC(C(=O)O)N1C(=O)Cc2c(Cl)cccc21. The number of anilines is 1. The van der Waals surface area contributed by atoms with E-state index in [9.17, 15) is 14.7 Å². The summed E-state index contributed by atoms with van der Waals surface area (Å²) in [6, 6.07) is 4.38. The van der Waals surface area contributed by atoms with Crippen molar-refractivity contribution in [3.8, 4) is 0 Å². The van der Waals surface area contributed by atoms with E-state index in [0.29, 0.717) is 17.1 Å². The summed E-state index contributed by atoms with van der Waals surface area (Å²) >= 11 is 6.06. The van der Waals surface area contributed by atoms with Gasteiger partial charge in [-0.3, -0.25) is 9.69 Å². The van der Waals surface area contributed by atoms with Crippen molar-refractivity contribution in [1.29, 1.82) is 0 Å². The van der Waals surface area contributed by atoms with E-state index in [2.05, 4.69) is 0 Å². The molecule has 1 amide bonds. The number of hydrogen-bond acceptors (Lipinski definition) is 2. The van der Waals surface area contributed by atoms with Gasteiger partial charge in [-0.25, -0.2) is 4.79 Å². The number of carbonyl (C=O) groups is 2. The highest BCUT2D eigenvalue weighted by Gasteiger charge is 2.37. The van der Waals surface area contributed by atoms with Gasteiger partial charge in [-0.2, -0.15) is 0 Å². The molecule has 0 saturated heterocycles. The van der Waals surface area contributed by atoms with Gasteiger partial charge in [0.1, 0.15) is 6.04 Å². The van der Waals surface area contributed by atoms with Crippen LogP contribution in [0.2, 0.25) is 5.02 Å². The number of halogens is 1. The van der Waals surface area contributed by atoms with E-state index >= 15 is 0 Å². The molecule has 2 rings (SSSR count). The van der Waals surface area contributed by atoms with Crippen molar-refractivity contribution in [3.05, 3.63) is 28.8 Å². The van der Waals surface area contributed by atoms with Crippen LogP contribution < -0.4 is 4.90 Å². The molecule has 1 unspecified atom stereocenters. The number of rotatable bonds is 4. The summed E-state index contributed by atoms with van der Waals surface area (Å²) in [6.45, 7) is 3.88. The standard InChI is InChI=1S/C14H16ClNO3/c1-8(2)6-12(14(18)19)16-11-5-3-4-10(15)9(11)7-13(16)17/h3-5,8,12H,6-7H2,1-2H3,(H,18,19). The summed E-state index contributed by atoms with van der Waals surface area (Å²) < 4.78 is 0. The third-order valence-corrected chi connectivity index (χ3v) is 3.60. The summed E-state index contributed by atoms with van der Waals surface area (Å²) in [4.78, 5) is 24.9. The maximum Gasteiger partial charge on any atom is 0.326 e. The van der Waals surface area contributed by atoms with Gasteiger partial charge in [0.15, 0.2) is 0 Å². The highest BCUT2D eigenvalue weighted by molar-refractivity contribution is 6.32. The molecule has 0 fully saturated rings. The lowest BCUT2D eigenvalue weighted by Crippen LogP contribution is -2.44. The fraction of sp³-hybridized carbons (Fsp3) is 0.429. The molecule has 1 aromatic rings. The zero-order valence-electron chi connectivity index (χ0n) is 10.9. The first-order valence-corrected chi connectivity index (χ1v) is 6.62. The third kappa shape index (κ3) is 2.59. The fourth-order valence-corrected chi connectivity index (χ4v) is 2.66. The Morgan fingerprint density at radius 1 is 1.47 bits per heavy atom. The van der Waals surface area contributed by atoms with Gasteiger partial charge >= 0.3 is 5.97 Å². The van der Waals surface area contributed by atoms with E-state index in [1.165, 1.54) is 4.90 Å². The second kappa shape index (κ2) is 5.21. The van der Waals surface area contributed by atoms with Crippen LogP contribution in [0.4, 0.5) is 5.69 Å². The molecule has 1 aromatic carbocycles. The van der Waals surface area contributed by atoms with Gasteiger partial charge in [-0.1, -0.05) is 31.5 Å². The molecule has 0 bridgehead atoms. The van der Waals surface area contributed by atoms with Crippen LogP contribution in [-0.4, -0.2) is 23.0 Å². The smallest absolute Gasteiger partial charge is 0.326 e. The molecular weight excluding hydrogens is 266 g/mol. The third-order valence-electron chi connectivity index (χ3n) is 3.24. The van der Waals surface area contributed by atoms with Gasteiger partial charge in [-0.05, 0) is 24.5 Å². The van der Waals surface area contributed by atoms with Crippen molar-refractivity contribution >= 4 is 29.2 Å². The second-order valence-corrected chi connectivity index (χ2v) is 5.57. The zero-order chi connectivity index (χ0) is 14.2. The van der Waals surface area contributed by atoms with Crippen molar-refractivity contribution < 1.29 is 14.7 Å². The van der Waals surface area contributed by atoms with Gasteiger partial charge in [0.05, 0.1) is 6.42 Å². The molecule has 19 heavy (non-hydrogen) atoms. The molecule has 0 radical (unpaired) electrons. The largest absolute Gasteiger partial charge is 0.480 e. The van der Waals surface area contributed by atoms with E-state index in [1.807, 2.05) is 13.8 Å². The number of nitrogens with zero attached hydrogens (tertiary/aromatic N) is 1. The van der Waals surface area contributed by atoms with E-state index in [4.69, 9.17) is 11.6 Å². The Hall–Kier alpha value is -1.55. The number of carbonyl (C=O) groups excluding carboxylic acids is 1. The summed E-state index contributed by atoms with van der Waals surface area (Å²) in [6.07, 6.45) is 0.601. The van der Waals surface area contributed by atoms with Crippen molar-refractivity contribution in [3.63, 3.8) is 0 Å². The van der Waals surface area contributed by atoms with Crippen molar-refractivity contribution in [2.24, 2.45) is 5.92 Å². The van der Waals surface area contributed by atoms with Crippen LogP contribution in [-0.2, 0) is 16.0 Å². The lowest BCUT2D eigenvalue weighted by Gasteiger charge is -2.26. The first-order valence-electron chi connectivity index (χ1n) is 6.24. The van der Waals surface area contributed by atoms with Gasteiger partial charge in [0.2, 0.25) is 5.91 Å². The Kier molecular flexibility index (Phi) is 3.80. The van der Waals surface area contributed by atoms with Crippen molar-refractivity contribution in [2.75, 3.05) is 4.90 Å².